The lowest BCUT2D eigenvalue weighted by Gasteiger charge is -2.10. The number of benzene rings is 2. The molecule has 0 amide bonds. The molecule has 0 unspecified atom stereocenters. The summed E-state index contributed by atoms with van der Waals surface area (Å²) in [6, 6.07) is 11.7. The second kappa shape index (κ2) is 6.81. The third-order valence-electron chi connectivity index (χ3n) is 2.60. The minimum absolute atomic E-state index is 0.180. The molecule has 0 saturated carbocycles. The summed E-state index contributed by atoms with van der Waals surface area (Å²) in [5, 5.41) is 0. The smallest absolute Gasteiger partial charge is 0.263 e. The van der Waals surface area contributed by atoms with Crippen molar-refractivity contribution in [2.24, 2.45) is 0 Å². The van der Waals surface area contributed by atoms with Gasteiger partial charge in [-0.15, -0.1) is 0 Å². The maximum absolute atomic E-state index is 12.4. The van der Waals surface area contributed by atoms with E-state index in [2.05, 4.69) is 36.6 Å². The fraction of sp³-hybridized carbons (Fsp3) is 0.143. The summed E-state index contributed by atoms with van der Waals surface area (Å²) in [7, 11) is -3.64. The van der Waals surface area contributed by atoms with E-state index in [9.17, 15) is 8.42 Å². The van der Waals surface area contributed by atoms with Crippen molar-refractivity contribution in [3.05, 3.63) is 51.4 Å². The molecule has 4 nitrogen and oxygen atoms in total. The van der Waals surface area contributed by atoms with E-state index in [1.807, 2.05) is 6.92 Å². The maximum atomic E-state index is 12.4. The van der Waals surface area contributed by atoms with Crippen LogP contribution in [0.5, 0.6) is 5.75 Å². The predicted molar refractivity (Wildman–Crippen MR) is 90.3 cm³/mol. The van der Waals surface area contributed by atoms with Gasteiger partial charge in [-0.25, -0.2) is 8.42 Å². The van der Waals surface area contributed by atoms with E-state index in [-0.39, 0.29) is 4.90 Å². The Kier molecular flexibility index (Phi) is 5.29. The highest BCUT2D eigenvalue weighted by Gasteiger charge is 2.17. The normalized spacial score (nSPS) is 11.2. The Balaban J connectivity index is 2.24. The molecule has 0 aromatic heterocycles. The SMILES string of the molecule is CCOc1ccc(NS(=O)(=O)c2ccc(Br)cc2Br)cc1. The van der Waals surface area contributed by atoms with Crippen molar-refractivity contribution in [3.63, 3.8) is 0 Å². The summed E-state index contributed by atoms with van der Waals surface area (Å²) in [6.07, 6.45) is 0. The first-order valence-electron chi connectivity index (χ1n) is 6.13. The summed E-state index contributed by atoms with van der Waals surface area (Å²) in [4.78, 5) is 0.180. The quantitative estimate of drug-likeness (QED) is 0.758. The Morgan fingerprint density at radius 2 is 1.76 bits per heavy atom. The molecule has 0 aliphatic heterocycles. The highest BCUT2D eigenvalue weighted by atomic mass is 79.9. The van der Waals surface area contributed by atoms with Crippen LogP contribution < -0.4 is 9.46 Å². The van der Waals surface area contributed by atoms with E-state index in [0.29, 0.717) is 22.5 Å². The van der Waals surface area contributed by atoms with Crippen LogP contribution in [0.2, 0.25) is 0 Å². The van der Waals surface area contributed by atoms with E-state index in [0.717, 1.165) is 4.47 Å². The number of hydrogen-bond donors (Lipinski definition) is 1. The van der Waals surface area contributed by atoms with Crippen molar-refractivity contribution >= 4 is 47.6 Å². The molecule has 0 fully saturated rings. The Morgan fingerprint density at radius 3 is 2.33 bits per heavy atom. The topological polar surface area (TPSA) is 55.4 Å². The number of ether oxygens (including phenoxy) is 1. The number of nitrogens with one attached hydrogen (secondary N) is 1. The van der Waals surface area contributed by atoms with Gasteiger partial charge in [0.1, 0.15) is 10.6 Å². The summed E-state index contributed by atoms with van der Waals surface area (Å²) in [5.74, 6) is 0.699. The van der Waals surface area contributed by atoms with Gasteiger partial charge in [-0.05, 0) is 65.3 Å². The van der Waals surface area contributed by atoms with Gasteiger partial charge in [0.05, 0.1) is 6.61 Å². The number of anilines is 1. The molecule has 0 aliphatic rings. The van der Waals surface area contributed by atoms with Gasteiger partial charge in [0.15, 0.2) is 0 Å². The lowest BCUT2D eigenvalue weighted by atomic mass is 10.3. The number of sulfonamides is 1. The zero-order valence-corrected chi connectivity index (χ0v) is 15.1. The average Bonchev–Trinajstić information content (AvgIpc) is 2.40. The Labute approximate surface area is 140 Å². The molecule has 7 heteroatoms. The van der Waals surface area contributed by atoms with Crippen molar-refractivity contribution in [2.75, 3.05) is 11.3 Å². The molecule has 2 rings (SSSR count). The van der Waals surface area contributed by atoms with Crippen LogP contribution in [0, 0.1) is 0 Å². The molecule has 0 bridgehead atoms. The molecule has 0 spiro atoms. The molecule has 0 aliphatic carbocycles. The molecule has 21 heavy (non-hydrogen) atoms. The minimum atomic E-state index is -3.64. The minimum Gasteiger partial charge on any atom is -0.494 e. The van der Waals surface area contributed by atoms with Gasteiger partial charge in [-0.3, -0.25) is 4.72 Å². The Morgan fingerprint density at radius 1 is 1.10 bits per heavy atom. The van der Waals surface area contributed by atoms with E-state index in [1.54, 1.807) is 36.4 Å². The average molecular weight is 435 g/mol. The van der Waals surface area contributed by atoms with Crippen molar-refractivity contribution in [3.8, 4) is 5.75 Å². The fourth-order valence-electron chi connectivity index (χ4n) is 1.69. The van der Waals surface area contributed by atoms with E-state index in [4.69, 9.17) is 4.74 Å². The van der Waals surface area contributed by atoms with E-state index >= 15 is 0 Å². The lowest BCUT2D eigenvalue weighted by Crippen LogP contribution is -2.13. The third kappa shape index (κ3) is 4.21. The van der Waals surface area contributed by atoms with Crippen molar-refractivity contribution < 1.29 is 13.2 Å². The fourth-order valence-corrected chi connectivity index (χ4v) is 4.49. The molecule has 2 aromatic carbocycles. The Hall–Kier alpha value is -1.05. The van der Waals surface area contributed by atoms with Crippen LogP contribution in [0.25, 0.3) is 0 Å². The predicted octanol–water partition coefficient (Wildman–Crippen LogP) is 4.41. The highest BCUT2D eigenvalue weighted by molar-refractivity contribution is 9.11. The van der Waals surface area contributed by atoms with Gasteiger partial charge >= 0.3 is 0 Å². The van der Waals surface area contributed by atoms with Crippen molar-refractivity contribution in [2.45, 2.75) is 11.8 Å². The summed E-state index contributed by atoms with van der Waals surface area (Å²) < 4.78 is 33.9. The standard InChI is InChI=1S/C14H13Br2NO3S/c1-2-20-12-6-4-11(5-7-12)17-21(18,19)14-8-3-10(15)9-13(14)16/h3-9,17H,2H2,1H3. The monoisotopic (exact) mass is 433 g/mol. The van der Waals surface area contributed by atoms with Gasteiger partial charge < -0.3 is 4.74 Å². The third-order valence-corrected chi connectivity index (χ3v) is 5.45. The second-order valence-corrected chi connectivity index (χ2v) is 7.56. The molecule has 112 valence electrons. The van der Waals surface area contributed by atoms with Crippen LogP contribution >= 0.6 is 31.9 Å². The van der Waals surface area contributed by atoms with Crippen LogP contribution in [-0.4, -0.2) is 15.0 Å². The number of rotatable bonds is 5. The second-order valence-electron chi connectivity index (χ2n) is 4.14. The van der Waals surface area contributed by atoms with Crippen LogP contribution in [-0.2, 0) is 10.0 Å². The van der Waals surface area contributed by atoms with Gasteiger partial charge in [-0.1, -0.05) is 15.9 Å². The van der Waals surface area contributed by atoms with Crippen LogP contribution in [0.3, 0.4) is 0 Å². The van der Waals surface area contributed by atoms with Gasteiger partial charge in [0.25, 0.3) is 10.0 Å². The molecular weight excluding hydrogens is 422 g/mol. The Bertz CT molecular complexity index is 730. The summed E-state index contributed by atoms with van der Waals surface area (Å²) in [5.41, 5.74) is 0.480. The number of halogens is 2. The first kappa shape index (κ1) is 16.3. The first-order valence-corrected chi connectivity index (χ1v) is 9.20. The largest absolute Gasteiger partial charge is 0.494 e. The van der Waals surface area contributed by atoms with Crippen LogP contribution in [0.1, 0.15) is 6.92 Å². The first-order chi connectivity index (χ1) is 9.92. The summed E-state index contributed by atoms with van der Waals surface area (Å²) >= 11 is 6.55. The molecule has 0 atom stereocenters. The van der Waals surface area contributed by atoms with E-state index < -0.39 is 10.0 Å². The van der Waals surface area contributed by atoms with Crippen LogP contribution in [0.15, 0.2) is 56.3 Å². The molecule has 2 aromatic rings. The zero-order valence-electron chi connectivity index (χ0n) is 11.1. The zero-order chi connectivity index (χ0) is 15.5. The molecular formula is C14H13Br2NO3S. The van der Waals surface area contributed by atoms with Crippen molar-refractivity contribution in [1.82, 2.24) is 0 Å². The van der Waals surface area contributed by atoms with E-state index in [1.165, 1.54) is 6.07 Å². The lowest BCUT2D eigenvalue weighted by molar-refractivity contribution is 0.340. The van der Waals surface area contributed by atoms with Gasteiger partial charge in [0, 0.05) is 14.6 Å². The summed E-state index contributed by atoms with van der Waals surface area (Å²) in [6.45, 7) is 2.46. The molecule has 0 radical (unpaired) electrons. The van der Waals surface area contributed by atoms with Crippen LogP contribution in [0.4, 0.5) is 5.69 Å². The maximum Gasteiger partial charge on any atom is 0.263 e. The molecule has 0 heterocycles. The van der Waals surface area contributed by atoms with Gasteiger partial charge in [0.2, 0.25) is 0 Å². The van der Waals surface area contributed by atoms with Gasteiger partial charge in [-0.2, -0.15) is 0 Å². The molecule has 0 saturated heterocycles. The molecule has 1 N–H and O–H groups in total. The van der Waals surface area contributed by atoms with Crippen molar-refractivity contribution in [1.29, 1.82) is 0 Å². The highest BCUT2D eigenvalue weighted by Crippen LogP contribution is 2.27. The number of hydrogen-bond acceptors (Lipinski definition) is 3.